The summed E-state index contributed by atoms with van der Waals surface area (Å²) < 4.78 is 5.50. The summed E-state index contributed by atoms with van der Waals surface area (Å²) in [5.41, 5.74) is 1.69. The van der Waals surface area contributed by atoms with Gasteiger partial charge >= 0.3 is 6.03 Å². The van der Waals surface area contributed by atoms with Crippen LogP contribution in [0.15, 0.2) is 24.3 Å². The molecule has 3 N–H and O–H groups in total. The van der Waals surface area contributed by atoms with Crippen molar-refractivity contribution in [3.8, 4) is 0 Å². The minimum atomic E-state index is -0.327. The van der Waals surface area contributed by atoms with Crippen LogP contribution in [0.25, 0.3) is 0 Å². The van der Waals surface area contributed by atoms with Crippen LogP contribution >= 0.6 is 12.4 Å². The molecule has 2 heterocycles. The maximum atomic E-state index is 12.3. The number of hydrogen-bond acceptors (Lipinski definition) is 4. The van der Waals surface area contributed by atoms with Gasteiger partial charge in [0.15, 0.2) is 0 Å². The number of morpholine rings is 1. The summed E-state index contributed by atoms with van der Waals surface area (Å²) in [6.07, 6.45) is 1.99. The Morgan fingerprint density at radius 1 is 1.31 bits per heavy atom. The summed E-state index contributed by atoms with van der Waals surface area (Å²) in [6, 6.07) is 7.18. The quantitative estimate of drug-likeness (QED) is 0.740. The van der Waals surface area contributed by atoms with Crippen LogP contribution in [0, 0.1) is 0 Å². The molecule has 2 atom stereocenters. The summed E-state index contributed by atoms with van der Waals surface area (Å²) in [4.78, 5) is 26.3. The molecule has 144 valence electrons. The number of nitrogens with zero attached hydrogens (tertiary/aromatic N) is 1. The summed E-state index contributed by atoms with van der Waals surface area (Å²) >= 11 is 0. The van der Waals surface area contributed by atoms with E-state index in [-0.39, 0.29) is 36.5 Å². The van der Waals surface area contributed by atoms with Gasteiger partial charge in [-0.15, -0.1) is 12.4 Å². The Kier molecular flexibility index (Phi) is 7.68. The molecule has 2 aliphatic heterocycles. The zero-order valence-corrected chi connectivity index (χ0v) is 15.8. The highest BCUT2D eigenvalue weighted by molar-refractivity contribution is 5.89. The van der Waals surface area contributed by atoms with Crippen LogP contribution in [0.3, 0.4) is 0 Å². The van der Waals surface area contributed by atoms with Crippen molar-refractivity contribution in [3.05, 3.63) is 29.8 Å². The number of rotatable bonds is 4. The van der Waals surface area contributed by atoms with Crippen LogP contribution < -0.4 is 16.0 Å². The van der Waals surface area contributed by atoms with Gasteiger partial charge in [-0.05, 0) is 37.5 Å². The van der Waals surface area contributed by atoms with E-state index in [1.807, 2.05) is 36.1 Å². The number of likely N-dealkylation sites (tertiary alicyclic amines) is 1. The fraction of sp³-hybridized carbons (Fsp3) is 0.556. The smallest absolute Gasteiger partial charge is 0.321 e. The lowest BCUT2D eigenvalue weighted by Crippen LogP contribution is -2.55. The van der Waals surface area contributed by atoms with Gasteiger partial charge in [-0.25, -0.2) is 4.79 Å². The Bertz CT molecular complexity index is 622. The SMILES string of the molecule is C[C@H]1OCCN[C@@H]1C(=O)NCc1cccc(NC(=O)N2CCCC2)c1.Cl. The van der Waals surface area contributed by atoms with Crippen LogP contribution in [0.4, 0.5) is 10.5 Å². The average Bonchev–Trinajstić information content (AvgIpc) is 3.15. The van der Waals surface area contributed by atoms with Crippen molar-refractivity contribution >= 4 is 30.0 Å². The molecule has 0 aliphatic carbocycles. The summed E-state index contributed by atoms with van der Waals surface area (Å²) in [5.74, 6) is -0.0706. The van der Waals surface area contributed by atoms with Crippen molar-refractivity contribution in [2.24, 2.45) is 0 Å². The maximum absolute atomic E-state index is 12.3. The van der Waals surface area contributed by atoms with E-state index >= 15 is 0 Å². The molecule has 0 unspecified atom stereocenters. The monoisotopic (exact) mass is 382 g/mol. The number of benzene rings is 1. The Labute approximate surface area is 160 Å². The van der Waals surface area contributed by atoms with Gasteiger partial charge in [0, 0.05) is 31.9 Å². The third-order valence-electron chi connectivity index (χ3n) is 4.64. The molecule has 0 aromatic heterocycles. The number of nitrogens with one attached hydrogen (secondary N) is 3. The Balaban J connectivity index is 0.00000243. The number of hydrogen-bond donors (Lipinski definition) is 3. The molecule has 3 amide bonds. The van der Waals surface area contributed by atoms with Crippen LogP contribution in [-0.2, 0) is 16.1 Å². The van der Waals surface area contributed by atoms with Crippen molar-refractivity contribution < 1.29 is 14.3 Å². The molecular weight excluding hydrogens is 356 g/mol. The predicted octanol–water partition coefficient (Wildman–Crippen LogP) is 1.73. The highest BCUT2D eigenvalue weighted by Gasteiger charge is 2.27. The van der Waals surface area contributed by atoms with E-state index < -0.39 is 0 Å². The van der Waals surface area contributed by atoms with E-state index in [0.717, 1.165) is 37.2 Å². The first-order chi connectivity index (χ1) is 12.1. The molecule has 7 nitrogen and oxygen atoms in total. The fourth-order valence-electron chi connectivity index (χ4n) is 3.21. The Morgan fingerprint density at radius 3 is 2.81 bits per heavy atom. The third kappa shape index (κ3) is 5.33. The highest BCUT2D eigenvalue weighted by Crippen LogP contribution is 2.14. The van der Waals surface area contributed by atoms with Crippen LogP contribution in [0.5, 0.6) is 0 Å². The van der Waals surface area contributed by atoms with Crippen molar-refractivity contribution in [1.82, 2.24) is 15.5 Å². The standard InChI is InChI=1S/C18H26N4O3.ClH/c1-13-16(19-7-10-25-13)17(23)20-12-14-5-4-6-15(11-14)21-18(24)22-8-2-3-9-22;/h4-6,11,13,16,19H,2-3,7-10,12H2,1H3,(H,20,23)(H,21,24);1H/t13-,16+;/m1./s1. The summed E-state index contributed by atoms with van der Waals surface area (Å²) in [5, 5.41) is 9.03. The molecule has 2 aliphatic rings. The lowest BCUT2D eigenvalue weighted by atomic mass is 10.1. The second-order valence-corrected chi connectivity index (χ2v) is 6.55. The molecule has 2 saturated heterocycles. The van der Waals surface area contributed by atoms with Crippen molar-refractivity contribution in [3.63, 3.8) is 0 Å². The number of carbonyl (C=O) groups is 2. The fourth-order valence-corrected chi connectivity index (χ4v) is 3.21. The van der Waals surface area contributed by atoms with E-state index in [0.29, 0.717) is 19.7 Å². The van der Waals surface area contributed by atoms with Crippen LogP contribution in [0.2, 0.25) is 0 Å². The van der Waals surface area contributed by atoms with Crippen molar-refractivity contribution in [1.29, 1.82) is 0 Å². The molecule has 0 spiro atoms. The lowest BCUT2D eigenvalue weighted by molar-refractivity contribution is -0.129. The molecule has 3 rings (SSSR count). The first-order valence-corrected chi connectivity index (χ1v) is 8.91. The summed E-state index contributed by atoms with van der Waals surface area (Å²) in [6.45, 7) is 5.25. The Hall–Kier alpha value is -1.83. The minimum absolute atomic E-state index is 0. The van der Waals surface area contributed by atoms with Gasteiger partial charge in [-0.1, -0.05) is 12.1 Å². The van der Waals surface area contributed by atoms with E-state index in [2.05, 4.69) is 16.0 Å². The van der Waals surface area contributed by atoms with E-state index in [4.69, 9.17) is 4.74 Å². The topological polar surface area (TPSA) is 82.7 Å². The first-order valence-electron chi connectivity index (χ1n) is 8.91. The average molecular weight is 383 g/mol. The van der Waals surface area contributed by atoms with Gasteiger partial charge in [0.05, 0.1) is 12.7 Å². The number of anilines is 1. The van der Waals surface area contributed by atoms with Gasteiger partial charge in [-0.3, -0.25) is 4.79 Å². The Morgan fingerprint density at radius 2 is 2.08 bits per heavy atom. The van der Waals surface area contributed by atoms with Gasteiger partial charge in [0.2, 0.25) is 5.91 Å². The second kappa shape index (κ2) is 9.75. The van der Waals surface area contributed by atoms with Crippen molar-refractivity contribution in [2.75, 3.05) is 31.6 Å². The molecule has 1 aromatic carbocycles. The second-order valence-electron chi connectivity index (χ2n) is 6.55. The van der Waals surface area contributed by atoms with Crippen molar-refractivity contribution in [2.45, 2.75) is 38.5 Å². The van der Waals surface area contributed by atoms with Crippen LogP contribution in [-0.4, -0.2) is 55.2 Å². The number of ether oxygens (including phenoxy) is 1. The molecule has 2 fully saturated rings. The van der Waals surface area contributed by atoms with E-state index in [1.165, 1.54) is 0 Å². The molecular formula is C18H27ClN4O3. The zero-order chi connectivity index (χ0) is 17.6. The lowest BCUT2D eigenvalue weighted by Gasteiger charge is -2.29. The number of halogens is 1. The van der Waals surface area contributed by atoms with E-state index in [9.17, 15) is 9.59 Å². The minimum Gasteiger partial charge on any atom is -0.375 e. The third-order valence-corrected chi connectivity index (χ3v) is 4.64. The number of urea groups is 1. The molecule has 0 radical (unpaired) electrons. The zero-order valence-electron chi connectivity index (χ0n) is 15.0. The van der Waals surface area contributed by atoms with E-state index in [1.54, 1.807) is 0 Å². The molecule has 1 aromatic rings. The van der Waals surface area contributed by atoms with Gasteiger partial charge in [-0.2, -0.15) is 0 Å². The normalized spacial score (nSPS) is 22.4. The highest BCUT2D eigenvalue weighted by atomic mass is 35.5. The maximum Gasteiger partial charge on any atom is 0.321 e. The molecule has 26 heavy (non-hydrogen) atoms. The molecule has 0 saturated carbocycles. The van der Waals surface area contributed by atoms with Crippen LogP contribution in [0.1, 0.15) is 25.3 Å². The molecule has 0 bridgehead atoms. The summed E-state index contributed by atoms with van der Waals surface area (Å²) in [7, 11) is 0. The van der Waals surface area contributed by atoms with Gasteiger partial charge in [0.1, 0.15) is 6.04 Å². The molecule has 8 heteroatoms. The predicted molar refractivity (Wildman–Crippen MR) is 103 cm³/mol. The largest absolute Gasteiger partial charge is 0.375 e. The van der Waals surface area contributed by atoms with Gasteiger partial charge in [0.25, 0.3) is 0 Å². The first kappa shape index (κ1) is 20.5. The van der Waals surface area contributed by atoms with Gasteiger partial charge < -0.3 is 25.6 Å². The number of carbonyl (C=O) groups excluding carboxylic acids is 2. The number of amides is 3.